The Labute approximate surface area is 126 Å². The molecule has 116 valence electrons. The van der Waals surface area contributed by atoms with E-state index in [1.807, 2.05) is 18.7 Å². The summed E-state index contributed by atoms with van der Waals surface area (Å²) >= 11 is 1.89. The normalized spacial score (nSPS) is 31.2. The predicted molar refractivity (Wildman–Crippen MR) is 81.9 cm³/mol. The van der Waals surface area contributed by atoms with E-state index in [1.165, 1.54) is 12.8 Å². The molecule has 3 unspecified atom stereocenters. The summed E-state index contributed by atoms with van der Waals surface area (Å²) in [7, 11) is 0. The van der Waals surface area contributed by atoms with Gasteiger partial charge in [-0.2, -0.15) is 11.8 Å². The monoisotopic (exact) mass is 301 g/mol. The van der Waals surface area contributed by atoms with Gasteiger partial charge in [0.15, 0.2) is 0 Å². The Morgan fingerprint density at radius 3 is 2.85 bits per heavy atom. The van der Waals surface area contributed by atoms with Crippen LogP contribution in [0.15, 0.2) is 0 Å². The van der Waals surface area contributed by atoms with E-state index < -0.39 is 5.54 Å². The third kappa shape index (κ3) is 4.12. The van der Waals surface area contributed by atoms with Crippen LogP contribution < -0.4 is 5.32 Å². The Morgan fingerprint density at radius 2 is 2.25 bits per heavy atom. The standard InChI is InChI=1S/C15H27NO3S/c1-3-19-14(18)15(16-12-4-5-12)7-6-13(8-15)20-10-11(2)9-17/h11-13,16-17H,3-10H2,1-2H3. The van der Waals surface area contributed by atoms with Crippen LogP contribution in [-0.4, -0.2) is 46.9 Å². The molecule has 0 spiro atoms. The first kappa shape index (κ1) is 16.1. The van der Waals surface area contributed by atoms with E-state index in [0.29, 0.717) is 23.8 Å². The third-order valence-electron chi connectivity index (χ3n) is 4.12. The van der Waals surface area contributed by atoms with Crippen molar-refractivity contribution < 1.29 is 14.6 Å². The van der Waals surface area contributed by atoms with Gasteiger partial charge in [-0.1, -0.05) is 6.92 Å². The summed E-state index contributed by atoms with van der Waals surface area (Å²) < 4.78 is 5.30. The van der Waals surface area contributed by atoms with Crippen molar-refractivity contribution in [3.05, 3.63) is 0 Å². The van der Waals surface area contributed by atoms with Gasteiger partial charge in [0.1, 0.15) is 5.54 Å². The lowest BCUT2D eigenvalue weighted by molar-refractivity contribution is -0.151. The summed E-state index contributed by atoms with van der Waals surface area (Å²) in [5, 5.41) is 13.1. The van der Waals surface area contributed by atoms with Gasteiger partial charge in [-0.05, 0) is 50.7 Å². The Balaban J connectivity index is 1.90. The molecule has 5 heteroatoms. The largest absolute Gasteiger partial charge is 0.465 e. The van der Waals surface area contributed by atoms with Crippen molar-refractivity contribution in [1.29, 1.82) is 0 Å². The Morgan fingerprint density at radius 1 is 1.50 bits per heavy atom. The van der Waals surface area contributed by atoms with Gasteiger partial charge >= 0.3 is 5.97 Å². The third-order valence-corrected chi connectivity index (χ3v) is 5.76. The summed E-state index contributed by atoms with van der Waals surface area (Å²) in [4.78, 5) is 12.3. The second kappa shape index (κ2) is 7.14. The van der Waals surface area contributed by atoms with Crippen molar-refractivity contribution in [2.75, 3.05) is 19.0 Å². The number of esters is 1. The number of hydrogen-bond acceptors (Lipinski definition) is 5. The van der Waals surface area contributed by atoms with Crippen LogP contribution in [0.3, 0.4) is 0 Å². The molecule has 0 aromatic rings. The molecule has 0 radical (unpaired) electrons. The zero-order chi connectivity index (χ0) is 14.6. The molecule has 0 amide bonds. The second-order valence-electron chi connectivity index (χ2n) is 6.21. The summed E-state index contributed by atoms with van der Waals surface area (Å²) in [6, 6.07) is 0.513. The van der Waals surface area contributed by atoms with Gasteiger partial charge in [-0.15, -0.1) is 0 Å². The van der Waals surface area contributed by atoms with Gasteiger partial charge in [0, 0.05) is 17.9 Å². The van der Waals surface area contributed by atoms with Crippen molar-refractivity contribution >= 4 is 17.7 Å². The molecule has 0 saturated heterocycles. The number of carbonyl (C=O) groups excluding carboxylic acids is 1. The van der Waals surface area contributed by atoms with Crippen molar-refractivity contribution in [1.82, 2.24) is 5.32 Å². The SMILES string of the molecule is CCOC(=O)C1(NC2CC2)CCC(SCC(C)CO)C1. The zero-order valence-electron chi connectivity index (χ0n) is 12.6. The zero-order valence-corrected chi connectivity index (χ0v) is 13.4. The van der Waals surface area contributed by atoms with Crippen LogP contribution in [0.2, 0.25) is 0 Å². The molecule has 2 aliphatic carbocycles. The van der Waals surface area contributed by atoms with Crippen molar-refractivity contribution in [3.8, 4) is 0 Å². The fraction of sp³-hybridized carbons (Fsp3) is 0.933. The van der Waals surface area contributed by atoms with E-state index in [9.17, 15) is 4.79 Å². The molecule has 3 atom stereocenters. The van der Waals surface area contributed by atoms with Crippen LogP contribution in [0, 0.1) is 5.92 Å². The maximum absolute atomic E-state index is 12.3. The molecular weight excluding hydrogens is 274 g/mol. The molecule has 2 fully saturated rings. The van der Waals surface area contributed by atoms with Crippen molar-refractivity contribution in [2.45, 2.75) is 62.8 Å². The first-order valence-electron chi connectivity index (χ1n) is 7.77. The first-order chi connectivity index (χ1) is 9.59. The Hall–Kier alpha value is -0.260. The fourth-order valence-electron chi connectivity index (χ4n) is 2.76. The first-order valence-corrected chi connectivity index (χ1v) is 8.82. The predicted octanol–water partition coefficient (Wildman–Crippen LogP) is 1.95. The lowest BCUT2D eigenvalue weighted by Crippen LogP contribution is -2.52. The number of thioether (sulfide) groups is 1. The lowest BCUT2D eigenvalue weighted by Gasteiger charge is -2.28. The number of aliphatic hydroxyl groups is 1. The summed E-state index contributed by atoms with van der Waals surface area (Å²) in [5.41, 5.74) is -0.447. The van der Waals surface area contributed by atoms with Crippen LogP contribution in [0.1, 0.15) is 46.0 Å². The minimum absolute atomic E-state index is 0.0646. The molecular formula is C15H27NO3S. The van der Waals surface area contributed by atoms with E-state index in [1.54, 1.807) is 0 Å². The molecule has 4 nitrogen and oxygen atoms in total. The van der Waals surface area contributed by atoms with Crippen LogP contribution in [-0.2, 0) is 9.53 Å². The number of ether oxygens (including phenoxy) is 1. The minimum Gasteiger partial charge on any atom is -0.465 e. The summed E-state index contributed by atoms with van der Waals surface area (Å²) in [6.07, 6.45) is 5.17. The fourth-order valence-corrected chi connectivity index (χ4v) is 4.15. The van der Waals surface area contributed by atoms with Gasteiger partial charge in [0.05, 0.1) is 6.61 Å². The Bertz CT molecular complexity index is 335. The van der Waals surface area contributed by atoms with Crippen LogP contribution >= 0.6 is 11.8 Å². The summed E-state index contributed by atoms with van der Waals surface area (Å²) in [6.45, 7) is 4.62. The smallest absolute Gasteiger partial charge is 0.326 e. The van der Waals surface area contributed by atoms with E-state index in [0.717, 1.165) is 25.0 Å². The lowest BCUT2D eigenvalue weighted by atomic mass is 9.97. The molecule has 2 aliphatic rings. The molecule has 0 bridgehead atoms. The molecule has 0 aliphatic heterocycles. The van der Waals surface area contributed by atoms with Gasteiger partial charge < -0.3 is 9.84 Å². The van der Waals surface area contributed by atoms with E-state index >= 15 is 0 Å². The number of rotatable bonds is 8. The van der Waals surface area contributed by atoms with Crippen molar-refractivity contribution in [2.24, 2.45) is 5.92 Å². The highest BCUT2D eigenvalue weighted by molar-refractivity contribution is 7.99. The highest BCUT2D eigenvalue weighted by Gasteiger charge is 2.49. The number of hydrogen-bond donors (Lipinski definition) is 2. The van der Waals surface area contributed by atoms with Crippen LogP contribution in [0.4, 0.5) is 0 Å². The van der Waals surface area contributed by atoms with Crippen LogP contribution in [0.25, 0.3) is 0 Å². The van der Waals surface area contributed by atoms with E-state index in [4.69, 9.17) is 9.84 Å². The van der Waals surface area contributed by atoms with Gasteiger partial charge in [0.2, 0.25) is 0 Å². The van der Waals surface area contributed by atoms with E-state index in [-0.39, 0.29) is 12.6 Å². The highest BCUT2D eigenvalue weighted by Crippen LogP contribution is 2.40. The Kier molecular flexibility index (Phi) is 5.75. The van der Waals surface area contributed by atoms with Gasteiger partial charge in [0.25, 0.3) is 0 Å². The number of nitrogens with one attached hydrogen (secondary N) is 1. The van der Waals surface area contributed by atoms with Crippen LogP contribution in [0.5, 0.6) is 0 Å². The highest BCUT2D eigenvalue weighted by atomic mass is 32.2. The molecule has 0 aromatic carbocycles. The number of aliphatic hydroxyl groups excluding tert-OH is 1. The van der Waals surface area contributed by atoms with E-state index in [2.05, 4.69) is 12.2 Å². The maximum Gasteiger partial charge on any atom is 0.326 e. The second-order valence-corrected chi connectivity index (χ2v) is 7.54. The minimum atomic E-state index is -0.447. The molecule has 0 aromatic heterocycles. The molecule has 0 heterocycles. The van der Waals surface area contributed by atoms with Gasteiger partial charge in [-0.3, -0.25) is 10.1 Å². The number of carbonyl (C=O) groups is 1. The maximum atomic E-state index is 12.3. The quantitative estimate of drug-likeness (QED) is 0.671. The molecule has 2 rings (SSSR count). The topological polar surface area (TPSA) is 58.6 Å². The summed E-state index contributed by atoms with van der Waals surface area (Å²) in [5.74, 6) is 1.22. The molecule has 2 saturated carbocycles. The average molecular weight is 301 g/mol. The average Bonchev–Trinajstić information content (AvgIpc) is 3.15. The van der Waals surface area contributed by atoms with Gasteiger partial charge in [-0.25, -0.2) is 0 Å². The molecule has 2 N–H and O–H groups in total. The molecule has 20 heavy (non-hydrogen) atoms. The van der Waals surface area contributed by atoms with Crippen molar-refractivity contribution in [3.63, 3.8) is 0 Å².